The second-order valence-electron chi connectivity index (χ2n) is 2.14. The fourth-order valence-corrected chi connectivity index (χ4v) is 1.73. The molecule has 1 unspecified atom stereocenters. The lowest BCUT2D eigenvalue weighted by Crippen LogP contribution is -1.92. The van der Waals surface area contributed by atoms with Crippen molar-refractivity contribution in [1.82, 2.24) is 0 Å². The number of allylic oxidation sites excluding steroid dienone is 3. The zero-order valence-electron chi connectivity index (χ0n) is 5.83. The Morgan fingerprint density at radius 2 is 2.40 bits per heavy atom. The highest BCUT2D eigenvalue weighted by Gasteiger charge is 2.12. The Labute approximate surface area is 62.9 Å². The van der Waals surface area contributed by atoms with Gasteiger partial charge in [-0.1, -0.05) is 19.1 Å². The van der Waals surface area contributed by atoms with E-state index in [1.807, 2.05) is 13.0 Å². The van der Waals surface area contributed by atoms with Gasteiger partial charge >= 0.3 is 0 Å². The van der Waals surface area contributed by atoms with Crippen molar-refractivity contribution in [3.63, 3.8) is 0 Å². The minimum Gasteiger partial charge on any atom is -0.302 e. The van der Waals surface area contributed by atoms with Crippen molar-refractivity contribution in [2.75, 3.05) is 0 Å². The van der Waals surface area contributed by atoms with Crippen LogP contribution in [0.15, 0.2) is 22.6 Å². The molecule has 0 spiro atoms. The second-order valence-corrected chi connectivity index (χ2v) is 3.07. The number of hydrogen-bond acceptors (Lipinski definition) is 1. The van der Waals surface area contributed by atoms with Crippen LogP contribution in [0.4, 0.5) is 0 Å². The number of hydrogen-bond donors (Lipinski definition) is 1. The van der Waals surface area contributed by atoms with Gasteiger partial charge < -0.3 is 4.55 Å². The Balaban J connectivity index is 2.79. The molecule has 10 heavy (non-hydrogen) atoms. The smallest absolute Gasteiger partial charge is 0.186 e. The Morgan fingerprint density at radius 1 is 1.70 bits per heavy atom. The van der Waals surface area contributed by atoms with Crippen molar-refractivity contribution in [1.29, 1.82) is 0 Å². The Kier molecular flexibility index (Phi) is 2.40. The molecule has 1 aliphatic rings. The molecule has 0 fully saturated rings. The van der Waals surface area contributed by atoms with E-state index < -0.39 is 11.1 Å². The van der Waals surface area contributed by atoms with E-state index in [-0.39, 0.29) is 0 Å². The van der Waals surface area contributed by atoms with Gasteiger partial charge in [0.15, 0.2) is 11.1 Å². The van der Waals surface area contributed by atoms with Crippen LogP contribution in [-0.4, -0.2) is 8.76 Å². The third-order valence-electron chi connectivity index (χ3n) is 1.55. The molecule has 0 heterocycles. The summed E-state index contributed by atoms with van der Waals surface area (Å²) in [6.45, 7) is 1.98. The molecule has 0 aliphatic heterocycles. The van der Waals surface area contributed by atoms with Crippen LogP contribution in [0.3, 0.4) is 0 Å². The van der Waals surface area contributed by atoms with Crippen LogP contribution in [0, 0.1) is 0 Å². The predicted molar refractivity (Wildman–Crippen MR) is 41.8 cm³/mol. The van der Waals surface area contributed by atoms with E-state index in [4.69, 9.17) is 4.55 Å². The lowest BCUT2D eigenvalue weighted by molar-refractivity contribution is 0.571. The average molecular weight is 158 g/mol. The molecule has 0 radical (unpaired) electrons. The van der Waals surface area contributed by atoms with Crippen LogP contribution in [0.1, 0.15) is 19.8 Å². The summed E-state index contributed by atoms with van der Waals surface area (Å²) in [6, 6.07) is 0. The molecule has 0 saturated heterocycles. The summed E-state index contributed by atoms with van der Waals surface area (Å²) in [4.78, 5) is 0.600. The molecule has 2 nitrogen and oxygen atoms in total. The SMILES string of the molecule is CCC1=CCC=C1S(=O)O. The lowest BCUT2D eigenvalue weighted by Gasteiger charge is -1.98. The van der Waals surface area contributed by atoms with Crippen LogP contribution in [0.2, 0.25) is 0 Å². The molecule has 1 aliphatic carbocycles. The van der Waals surface area contributed by atoms with Gasteiger partial charge in [-0.25, -0.2) is 4.21 Å². The van der Waals surface area contributed by atoms with E-state index >= 15 is 0 Å². The van der Waals surface area contributed by atoms with Crippen molar-refractivity contribution < 1.29 is 8.76 Å². The zero-order chi connectivity index (χ0) is 7.56. The van der Waals surface area contributed by atoms with Crippen molar-refractivity contribution in [2.45, 2.75) is 19.8 Å². The van der Waals surface area contributed by atoms with E-state index in [1.54, 1.807) is 6.08 Å². The second kappa shape index (κ2) is 3.12. The average Bonchev–Trinajstić information content (AvgIpc) is 2.33. The van der Waals surface area contributed by atoms with Crippen LogP contribution >= 0.6 is 0 Å². The monoisotopic (exact) mass is 158 g/mol. The standard InChI is InChI=1S/C7H10O2S/c1-2-6-4-3-5-7(6)10(8)9/h4-5H,2-3H2,1H3,(H,8,9). The molecule has 1 rings (SSSR count). The van der Waals surface area contributed by atoms with Crippen LogP contribution in [0.25, 0.3) is 0 Å². The topological polar surface area (TPSA) is 37.3 Å². The molecule has 56 valence electrons. The fourth-order valence-electron chi connectivity index (χ4n) is 1.04. The minimum absolute atomic E-state index is 0.600. The molecule has 0 aromatic carbocycles. The molecule has 0 bridgehead atoms. The highest BCUT2D eigenvalue weighted by Crippen LogP contribution is 2.23. The summed E-state index contributed by atoms with van der Waals surface area (Å²) in [7, 11) is 0. The van der Waals surface area contributed by atoms with Gasteiger partial charge in [-0.15, -0.1) is 0 Å². The van der Waals surface area contributed by atoms with E-state index in [9.17, 15) is 4.21 Å². The van der Waals surface area contributed by atoms with E-state index in [1.165, 1.54) is 0 Å². The molecule has 1 atom stereocenters. The molecule has 0 saturated carbocycles. The van der Waals surface area contributed by atoms with Gasteiger partial charge in [-0.05, 0) is 18.4 Å². The summed E-state index contributed by atoms with van der Waals surface area (Å²) in [5.74, 6) is 0. The van der Waals surface area contributed by atoms with Crippen molar-refractivity contribution >= 4 is 11.1 Å². The van der Waals surface area contributed by atoms with Gasteiger partial charge in [-0.3, -0.25) is 0 Å². The largest absolute Gasteiger partial charge is 0.302 e. The third-order valence-corrected chi connectivity index (χ3v) is 2.36. The first-order valence-electron chi connectivity index (χ1n) is 3.26. The van der Waals surface area contributed by atoms with Crippen LogP contribution in [0.5, 0.6) is 0 Å². The summed E-state index contributed by atoms with van der Waals surface area (Å²) in [5.41, 5.74) is 1.01. The Bertz CT molecular complexity index is 216. The maximum absolute atomic E-state index is 10.6. The number of rotatable bonds is 2. The quantitative estimate of drug-likeness (QED) is 0.622. The first kappa shape index (κ1) is 7.69. The van der Waals surface area contributed by atoms with Gasteiger partial charge in [0, 0.05) is 0 Å². The molecule has 0 aromatic heterocycles. The fraction of sp³-hybridized carbons (Fsp3) is 0.429. The Morgan fingerprint density at radius 3 is 2.80 bits per heavy atom. The first-order chi connectivity index (χ1) is 4.75. The van der Waals surface area contributed by atoms with Gasteiger partial charge in [0.1, 0.15) is 0 Å². The predicted octanol–water partition coefficient (Wildman–Crippen LogP) is 1.83. The highest BCUT2D eigenvalue weighted by atomic mass is 32.2. The molecule has 0 amide bonds. The van der Waals surface area contributed by atoms with Gasteiger partial charge in [-0.2, -0.15) is 0 Å². The highest BCUT2D eigenvalue weighted by molar-refractivity contribution is 7.83. The van der Waals surface area contributed by atoms with Crippen molar-refractivity contribution in [3.8, 4) is 0 Å². The van der Waals surface area contributed by atoms with Crippen molar-refractivity contribution in [2.24, 2.45) is 0 Å². The van der Waals surface area contributed by atoms with Gasteiger partial charge in [0.2, 0.25) is 0 Å². The van der Waals surface area contributed by atoms with Crippen LogP contribution in [-0.2, 0) is 11.1 Å². The van der Waals surface area contributed by atoms with Gasteiger partial charge in [0.25, 0.3) is 0 Å². The molecular weight excluding hydrogens is 148 g/mol. The first-order valence-corrected chi connectivity index (χ1v) is 4.36. The lowest BCUT2D eigenvalue weighted by atomic mass is 10.2. The third kappa shape index (κ3) is 1.36. The maximum atomic E-state index is 10.6. The van der Waals surface area contributed by atoms with E-state index in [0.29, 0.717) is 4.91 Å². The zero-order valence-corrected chi connectivity index (χ0v) is 6.65. The van der Waals surface area contributed by atoms with E-state index in [0.717, 1.165) is 18.4 Å². The summed E-state index contributed by atoms with van der Waals surface area (Å²) < 4.78 is 19.3. The molecule has 1 N–H and O–H groups in total. The minimum atomic E-state index is -1.78. The van der Waals surface area contributed by atoms with Crippen molar-refractivity contribution in [3.05, 3.63) is 22.6 Å². The molecule has 0 aromatic rings. The molecule has 3 heteroatoms. The van der Waals surface area contributed by atoms with Gasteiger partial charge in [0.05, 0.1) is 4.91 Å². The summed E-state index contributed by atoms with van der Waals surface area (Å²) >= 11 is -1.78. The van der Waals surface area contributed by atoms with Crippen LogP contribution < -0.4 is 0 Å². The normalized spacial score (nSPS) is 20.2. The molecular formula is C7H10O2S. The van der Waals surface area contributed by atoms with E-state index in [2.05, 4.69) is 0 Å². The maximum Gasteiger partial charge on any atom is 0.186 e. The Hall–Kier alpha value is -0.410. The summed E-state index contributed by atoms with van der Waals surface area (Å²) in [6.07, 6.45) is 5.45. The summed E-state index contributed by atoms with van der Waals surface area (Å²) in [5, 5.41) is 0.